The van der Waals surface area contributed by atoms with Crippen LogP contribution >= 0.6 is 0 Å². The average molecular weight is 262 g/mol. The lowest BCUT2D eigenvalue weighted by atomic mass is 10.0. The maximum absolute atomic E-state index is 11.1. The second-order valence-electron chi connectivity index (χ2n) is 4.53. The highest BCUT2D eigenvalue weighted by Crippen LogP contribution is 2.33. The molecule has 1 aromatic carbocycles. The van der Waals surface area contributed by atoms with Gasteiger partial charge in [0.25, 0.3) is 5.69 Å². The van der Waals surface area contributed by atoms with E-state index in [0.717, 1.165) is 11.3 Å². The highest BCUT2D eigenvalue weighted by Gasteiger charge is 2.20. The van der Waals surface area contributed by atoms with Crippen molar-refractivity contribution in [2.45, 2.75) is 26.7 Å². The number of hydrogen-bond donors (Lipinski definition) is 2. The molecule has 0 unspecified atom stereocenters. The lowest BCUT2D eigenvalue weighted by Crippen LogP contribution is -1.99. The van der Waals surface area contributed by atoms with Crippen LogP contribution in [0.5, 0.6) is 0 Å². The van der Waals surface area contributed by atoms with Crippen LogP contribution in [0.25, 0.3) is 10.9 Å². The number of nitro groups is 1. The van der Waals surface area contributed by atoms with Gasteiger partial charge in [0.05, 0.1) is 15.8 Å². The Kier molecular flexibility index (Phi) is 3.25. The van der Waals surface area contributed by atoms with E-state index in [2.05, 4.69) is 4.98 Å². The molecule has 0 amide bonds. The zero-order valence-electron chi connectivity index (χ0n) is 10.7. The van der Waals surface area contributed by atoms with Gasteiger partial charge >= 0.3 is 5.97 Å². The molecule has 100 valence electrons. The summed E-state index contributed by atoms with van der Waals surface area (Å²) in [6, 6.07) is 3.16. The van der Waals surface area contributed by atoms with E-state index in [9.17, 15) is 14.9 Å². The molecule has 0 spiro atoms. The molecule has 0 radical (unpaired) electrons. The molecule has 0 aliphatic carbocycles. The minimum Gasteiger partial charge on any atom is -0.481 e. The van der Waals surface area contributed by atoms with Gasteiger partial charge in [0, 0.05) is 18.2 Å². The number of aromatic amines is 1. The van der Waals surface area contributed by atoms with Crippen molar-refractivity contribution in [2.75, 3.05) is 0 Å². The number of fused-ring (bicyclic) bond motifs is 1. The standard InChI is InChI=1S/C13H14N2O4/c1-7-3-5-10(15(18)19)12-9(4-6-11(16)17)8(2)14-13(7)12/h3,5,14H,4,6H2,1-2H3,(H,16,17). The van der Waals surface area contributed by atoms with Crippen LogP contribution in [-0.2, 0) is 11.2 Å². The zero-order valence-corrected chi connectivity index (χ0v) is 10.7. The van der Waals surface area contributed by atoms with Crippen LogP contribution in [0.3, 0.4) is 0 Å². The van der Waals surface area contributed by atoms with Gasteiger partial charge in [-0.1, -0.05) is 6.07 Å². The third-order valence-electron chi connectivity index (χ3n) is 3.24. The first-order valence-corrected chi connectivity index (χ1v) is 5.88. The molecule has 0 saturated carbocycles. The number of nitrogens with zero attached hydrogens (tertiary/aromatic N) is 1. The fourth-order valence-electron chi connectivity index (χ4n) is 2.31. The van der Waals surface area contributed by atoms with Gasteiger partial charge in [-0.05, 0) is 31.4 Å². The number of H-pyrrole nitrogens is 1. The van der Waals surface area contributed by atoms with E-state index in [1.54, 1.807) is 13.0 Å². The van der Waals surface area contributed by atoms with Gasteiger partial charge in [-0.3, -0.25) is 14.9 Å². The van der Waals surface area contributed by atoms with Crippen LogP contribution in [0.4, 0.5) is 5.69 Å². The van der Waals surface area contributed by atoms with Gasteiger partial charge in [0.15, 0.2) is 0 Å². The molecule has 0 aliphatic rings. The van der Waals surface area contributed by atoms with Crippen molar-refractivity contribution >= 4 is 22.6 Å². The molecule has 19 heavy (non-hydrogen) atoms. The average Bonchev–Trinajstić information content (AvgIpc) is 2.64. The molecule has 2 rings (SSSR count). The molecular weight excluding hydrogens is 248 g/mol. The number of non-ortho nitro benzene ring substituents is 1. The van der Waals surface area contributed by atoms with Crippen LogP contribution in [0.2, 0.25) is 0 Å². The smallest absolute Gasteiger partial charge is 0.303 e. The van der Waals surface area contributed by atoms with E-state index in [1.165, 1.54) is 6.07 Å². The summed E-state index contributed by atoms with van der Waals surface area (Å²) in [5, 5.41) is 20.4. The van der Waals surface area contributed by atoms with E-state index >= 15 is 0 Å². The van der Waals surface area contributed by atoms with Crippen molar-refractivity contribution in [3.63, 3.8) is 0 Å². The van der Waals surface area contributed by atoms with E-state index in [-0.39, 0.29) is 18.5 Å². The highest BCUT2D eigenvalue weighted by molar-refractivity contribution is 5.95. The maximum atomic E-state index is 11.1. The van der Waals surface area contributed by atoms with Crippen LogP contribution < -0.4 is 0 Å². The van der Waals surface area contributed by atoms with E-state index in [1.807, 2.05) is 6.92 Å². The molecule has 1 heterocycles. The largest absolute Gasteiger partial charge is 0.481 e. The Morgan fingerprint density at radius 2 is 2.11 bits per heavy atom. The van der Waals surface area contributed by atoms with Crippen molar-refractivity contribution < 1.29 is 14.8 Å². The first-order chi connectivity index (χ1) is 8.91. The number of hydrogen-bond acceptors (Lipinski definition) is 3. The summed E-state index contributed by atoms with van der Waals surface area (Å²) in [7, 11) is 0. The Labute approximate surface area is 109 Å². The second kappa shape index (κ2) is 4.72. The first kappa shape index (κ1) is 13.1. The van der Waals surface area contributed by atoms with Crippen molar-refractivity contribution in [2.24, 2.45) is 0 Å². The number of aromatic nitrogens is 1. The summed E-state index contributed by atoms with van der Waals surface area (Å²) in [5.41, 5.74) is 3.14. The van der Waals surface area contributed by atoms with E-state index in [0.29, 0.717) is 16.5 Å². The van der Waals surface area contributed by atoms with Crippen molar-refractivity contribution in [3.05, 3.63) is 39.1 Å². The van der Waals surface area contributed by atoms with Gasteiger partial charge < -0.3 is 10.1 Å². The van der Waals surface area contributed by atoms with Crippen molar-refractivity contribution in [1.82, 2.24) is 4.98 Å². The monoisotopic (exact) mass is 262 g/mol. The summed E-state index contributed by atoms with van der Waals surface area (Å²) >= 11 is 0. The fraction of sp³-hybridized carbons (Fsp3) is 0.308. The molecular formula is C13H14N2O4. The molecule has 6 nitrogen and oxygen atoms in total. The Bertz CT molecular complexity index is 673. The molecule has 2 N–H and O–H groups in total. The molecule has 2 aromatic rings. The van der Waals surface area contributed by atoms with E-state index in [4.69, 9.17) is 5.11 Å². The fourth-order valence-corrected chi connectivity index (χ4v) is 2.31. The molecule has 0 atom stereocenters. The topological polar surface area (TPSA) is 96.2 Å². The summed E-state index contributed by atoms with van der Waals surface area (Å²) in [4.78, 5) is 24.5. The number of aryl methyl sites for hydroxylation is 3. The van der Waals surface area contributed by atoms with Gasteiger partial charge in [-0.25, -0.2) is 0 Å². The minimum atomic E-state index is -0.913. The number of carbonyl (C=O) groups is 1. The molecule has 0 saturated heterocycles. The van der Waals surface area contributed by atoms with Crippen LogP contribution in [0.1, 0.15) is 23.2 Å². The Morgan fingerprint density at radius 3 is 2.68 bits per heavy atom. The second-order valence-corrected chi connectivity index (χ2v) is 4.53. The number of rotatable bonds is 4. The van der Waals surface area contributed by atoms with Gasteiger partial charge in [-0.2, -0.15) is 0 Å². The minimum absolute atomic E-state index is 0.0188. The summed E-state index contributed by atoms with van der Waals surface area (Å²) in [5.74, 6) is -0.913. The molecule has 1 aromatic heterocycles. The van der Waals surface area contributed by atoms with Crippen molar-refractivity contribution in [3.8, 4) is 0 Å². The van der Waals surface area contributed by atoms with Crippen LogP contribution in [0, 0.1) is 24.0 Å². The molecule has 6 heteroatoms. The van der Waals surface area contributed by atoms with Gasteiger partial charge in [0.1, 0.15) is 0 Å². The Hall–Kier alpha value is -2.37. The zero-order chi connectivity index (χ0) is 14.2. The number of nitrogens with one attached hydrogen (secondary N) is 1. The normalized spacial score (nSPS) is 10.8. The number of benzene rings is 1. The number of aliphatic carboxylic acids is 1. The Balaban J connectivity index is 2.68. The predicted molar refractivity (Wildman–Crippen MR) is 70.4 cm³/mol. The molecule has 0 aliphatic heterocycles. The number of carboxylic acids is 1. The quantitative estimate of drug-likeness (QED) is 0.654. The summed E-state index contributed by atoms with van der Waals surface area (Å²) < 4.78 is 0. The highest BCUT2D eigenvalue weighted by atomic mass is 16.6. The lowest BCUT2D eigenvalue weighted by Gasteiger charge is -2.01. The summed E-state index contributed by atoms with van der Waals surface area (Å²) in [6.45, 7) is 3.67. The number of nitro benzene ring substituents is 1. The van der Waals surface area contributed by atoms with Gasteiger partial charge in [-0.15, -0.1) is 0 Å². The van der Waals surface area contributed by atoms with Crippen molar-refractivity contribution in [1.29, 1.82) is 0 Å². The molecule has 0 fully saturated rings. The third-order valence-corrected chi connectivity index (χ3v) is 3.24. The number of carboxylic acid groups (broad SMARTS) is 1. The van der Waals surface area contributed by atoms with Crippen LogP contribution in [-0.4, -0.2) is 21.0 Å². The third kappa shape index (κ3) is 2.29. The summed E-state index contributed by atoms with van der Waals surface area (Å²) in [6.07, 6.45) is 0.240. The Morgan fingerprint density at radius 1 is 1.42 bits per heavy atom. The maximum Gasteiger partial charge on any atom is 0.303 e. The SMILES string of the molecule is Cc1[nH]c2c(C)ccc([N+](=O)[O-])c2c1CCC(=O)O. The predicted octanol–water partition coefficient (Wildman–Crippen LogP) is 2.71. The first-order valence-electron chi connectivity index (χ1n) is 5.88. The van der Waals surface area contributed by atoms with Gasteiger partial charge in [0.2, 0.25) is 0 Å². The van der Waals surface area contributed by atoms with Crippen LogP contribution in [0.15, 0.2) is 12.1 Å². The van der Waals surface area contributed by atoms with E-state index < -0.39 is 10.9 Å². The lowest BCUT2D eigenvalue weighted by molar-refractivity contribution is -0.383. The molecule has 0 bridgehead atoms.